The summed E-state index contributed by atoms with van der Waals surface area (Å²) in [6, 6.07) is 15.5. The van der Waals surface area contributed by atoms with Crippen LogP contribution in [0.2, 0.25) is 0 Å². The lowest BCUT2D eigenvalue weighted by atomic mass is 9.96. The summed E-state index contributed by atoms with van der Waals surface area (Å²) >= 11 is 0. The molecule has 1 saturated heterocycles. The van der Waals surface area contributed by atoms with E-state index >= 15 is 0 Å². The van der Waals surface area contributed by atoms with E-state index in [1.54, 1.807) is 0 Å². The van der Waals surface area contributed by atoms with Crippen LogP contribution in [0, 0.1) is 0 Å². The van der Waals surface area contributed by atoms with E-state index in [1.807, 2.05) is 11.0 Å². The standard InChI is InChI=1S/C28H38N4O2/c1-29(2)25-8-5-13-31(18-25)24-9-10-27-22(16-24)12-15-32(28(27)34)20-26(33)19-30-14-11-21-6-3-4-7-23(21)17-30/h3-4,6-7,9-10,16,25-26,33H,5,8,11-15,17-20H2,1-2H3. The van der Waals surface area contributed by atoms with E-state index < -0.39 is 6.10 Å². The summed E-state index contributed by atoms with van der Waals surface area (Å²) in [7, 11) is 4.32. The number of hydrogen-bond acceptors (Lipinski definition) is 5. The molecule has 0 radical (unpaired) electrons. The van der Waals surface area contributed by atoms with Crippen molar-refractivity contribution in [3.8, 4) is 0 Å². The zero-order valence-corrected chi connectivity index (χ0v) is 20.6. The van der Waals surface area contributed by atoms with Gasteiger partial charge in [-0.1, -0.05) is 24.3 Å². The lowest BCUT2D eigenvalue weighted by molar-refractivity contribution is 0.0493. The molecule has 6 heteroatoms. The van der Waals surface area contributed by atoms with E-state index in [2.05, 4.69) is 65.2 Å². The third-order valence-electron chi connectivity index (χ3n) is 7.86. The van der Waals surface area contributed by atoms with Crippen LogP contribution in [-0.4, -0.2) is 91.2 Å². The van der Waals surface area contributed by atoms with Gasteiger partial charge >= 0.3 is 0 Å². The number of amides is 1. The first-order chi connectivity index (χ1) is 16.5. The van der Waals surface area contributed by atoms with Crippen molar-refractivity contribution in [2.45, 2.75) is 44.4 Å². The number of fused-ring (bicyclic) bond motifs is 2. The van der Waals surface area contributed by atoms with Gasteiger partial charge in [0.2, 0.25) is 0 Å². The SMILES string of the molecule is CN(C)C1CCCN(c2ccc3c(c2)CCN(CC(O)CN2CCc4ccccc4C2)C3=O)C1. The number of hydrogen-bond donors (Lipinski definition) is 1. The third-order valence-corrected chi connectivity index (χ3v) is 7.86. The molecule has 34 heavy (non-hydrogen) atoms. The van der Waals surface area contributed by atoms with Gasteiger partial charge in [-0.2, -0.15) is 0 Å². The lowest BCUT2D eigenvalue weighted by Gasteiger charge is -2.38. The quantitative estimate of drug-likeness (QED) is 0.715. The van der Waals surface area contributed by atoms with Crippen molar-refractivity contribution in [3.05, 3.63) is 64.7 Å². The topological polar surface area (TPSA) is 50.3 Å². The maximum atomic E-state index is 13.2. The van der Waals surface area contributed by atoms with Crippen LogP contribution in [0.1, 0.15) is 39.9 Å². The summed E-state index contributed by atoms with van der Waals surface area (Å²) in [6.07, 6.45) is 3.78. The van der Waals surface area contributed by atoms with Gasteiger partial charge in [0, 0.05) is 63.1 Å². The highest BCUT2D eigenvalue weighted by atomic mass is 16.3. The monoisotopic (exact) mass is 462 g/mol. The van der Waals surface area contributed by atoms with Crippen LogP contribution in [0.5, 0.6) is 0 Å². The zero-order valence-electron chi connectivity index (χ0n) is 20.6. The fourth-order valence-corrected chi connectivity index (χ4v) is 5.82. The minimum absolute atomic E-state index is 0.0562. The first kappa shape index (κ1) is 23.3. The number of aliphatic hydroxyl groups is 1. The van der Waals surface area contributed by atoms with Crippen molar-refractivity contribution < 1.29 is 9.90 Å². The normalized spacial score (nSPS) is 22.0. The van der Waals surface area contributed by atoms with Crippen molar-refractivity contribution >= 4 is 11.6 Å². The van der Waals surface area contributed by atoms with Crippen molar-refractivity contribution in [1.29, 1.82) is 0 Å². The molecular formula is C28H38N4O2. The highest BCUT2D eigenvalue weighted by molar-refractivity contribution is 5.97. The number of piperidine rings is 1. The first-order valence-corrected chi connectivity index (χ1v) is 12.8. The number of nitrogens with zero attached hydrogens (tertiary/aromatic N) is 4. The summed E-state index contributed by atoms with van der Waals surface area (Å²) in [4.78, 5) is 22.1. The molecule has 2 unspecified atom stereocenters. The van der Waals surface area contributed by atoms with Crippen LogP contribution in [0.25, 0.3) is 0 Å². The molecule has 2 aromatic rings. The highest BCUT2D eigenvalue weighted by Gasteiger charge is 2.29. The number of rotatable bonds is 6. The fraction of sp³-hybridized carbons (Fsp3) is 0.536. The van der Waals surface area contributed by atoms with Crippen LogP contribution >= 0.6 is 0 Å². The molecule has 182 valence electrons. The van der Waals surface area contributed by atoms with E-state index in [-0.39, 0.29) is 5.91 Å². The molecule has 1 amide bonds. The number of anilines is 1. The van der Waals surface area contributed by atoms with Gasteiger partial charge in [-0.15, -0.1) is 0 Å². The smallest absolute Gasteiger partial charge is 0.254 e. The molecule has 3 aliphatic rings. The molecular weight excluding hydrogens is 424 g/mol. The van der Waals surface area contributed by atoms with Crippen molar-refractivity contribution in [2.75, 3.05) is 58.3 Å². The Bertz CT molecular complexity index is 1020. The van der Waals surface area contributed by atoms with Gasteiger partial charge < -0.3 is 19.8 Å². The summed E-state index contributed by atoms with van der Waals surface area (Å²) in [5, 5.41) is 10.8. The molecule has 0 aliphatic carbocycles. The summed E-state index contributed by atoms with van der Waals surface area (Å²) in [5.41, 5.74) is 5.95. The first-order valence-electron chi connectivity index (χ1n) is 12.8. The number of carbonyl (C=O) groups is 1. The Labute approximate surface area is 203 Å². The van der Waals surface area contributed by atoms with Gasteiger partial charge in [0.05, 0.1) is 6.10 Å². The Morgan fingerprint density at radius 3 is 2.62 bits per heavy atom. The molecule has 3 heterocycles. The molecule has 2 aromatic carbocycles. The van der Waals surface area contributed by atoms with Gasteiger partial charge in [0.25, 0.3) is 5.91 Å². The van der Waals surface area contributed by atoms with Gasteiger partial charge in [-0.25, -0.2) is 0 Å². The van der Waals surface area contributed by atoms with E-state index in [9.17, 15) is 9.90 Å². The van der Waals surface area contributed by atoms with Crippen LogP contribution in [0.4, 0.5) is 5.69 Å². The predicted molar refractivity (Wildman–Crippen MR) is 136 cm³/mol. The average molecular weight is 463 g/mol. The molecule has 0 bridgehead atoms. The predicted octanol–water partition coefficient (Wildman–Crippen LogP) is 2.63. The van der Waals surface area contributed by atoms with Crippen molar-refractivity contribution in [2.24, 2.45) is 0 Å². The summed E-state index contributed by atoms with van der Waals surface area (Å²) < 4.78 is 0. The fourth-order valence-electron chi connectivity index (χ4n) is 5.82. The van der Waals surface area contributed by atoms with Crippen LogP contribution in [-0.2, 0) is 19.4 Å². The molecule has 0 spiro atoms. The van der Waals surface area contributed by atoms with Gasteiger partial charge in [-0.05, 0) is 74.7 Å². The Morgan fingerprint density at radius 2 is 1.79 bits per heavy atom. The molecule has 5 rings (SSSR count). The second-order valence-electron chi connectivity index (χ2n) is 10.5. The second-order valence-corrected chi connectivity index (χ2v) is 10.5. The van der Waals surface area contributed by atoms with Gasteiger partial charge in [-0.3, -0.25) is 9.69 Å². The maximum absolute atomic E-state index is 13.2. The number of benzene rings is 2. The Hall–Kier alpha value is -2.41. The Balaban J connectivity index is 1.19. The van der Waals surface area contributed by atoms with Crippen molar-refractivity contribution in [1.82, 2.24) is 14.7 Å². The minimum Gasteiger partial charge on any atom is -0.390 e. The van der Waals surface area contributed by atoms with Crippen molar-refractivity contribution in [3.63, 3.8) is 0 Å². The van der Waals surface area contributed by atoms with Crippen LogP contribution in [0.15, 0.2) is 42.5 Å². The van der Waals surface area contributed by atoms with Gasteiger partial charge in [0.1, 0.15) is 0 Å². The molecule has 1 N–H and O–H groups in total. The summed E-state index contributed by atoms with van der Waals surface area (Å²) in [5.74, 6) is 0.0562. The highest BCUT2D eigenvalue weighted by Crippen LogP contribution is 2.28. The minimum atomic E-state index is -0.536. The number of likely N-dealkylation sites (N-methyl/N-ethyl adjacent to an activating group) is 1. The Kier molecular flexibility index (Phi) is 6.91. The zero-order chi connectivity index (χ0) is 23.7. The second kappa shape index (κ2) is 10.1. The Morgan fingerprint density at radius 1 is 1.00 bits per heavy atom. The average Bonchev–Trinajstić information content (AvgIpc) is 2.85. The third kappa shape index (κ3) is 4.99. The number of carbonyl (C=O) groups excluding carboxylic acids is 1. The molecule has 0 saturated carbocycles. The number of β-amino-alcohol motifs (C(OH)–C–C–N with tert-alkyl or cyclic N) is 1. The molecule has 0 aromatic heterocycles. The van der Waals surface area contributed by atoms with E-state index in [0.717, 1.165) is 50.1 Å². The largest absolute Gasteiger partial charge is 0.390 e. The molecule has 2 atom stereocenters. The van der Waals surface area contributed by atoms with E-state index in [4.69, 9.17) is 0 Å². The lowest BCUT2D eigenvalue weighted by Crippen LogP contribution is -2.46. The summed E-state index contributed by atoms with van der Waals surface area (Å²) in [6.45, 7) is 5.63. The molecule has 6 nitrogen and oxygen atoms in total. The maximum Gasteiger partial charge on any atom is 0.254 e. The van der Waals surface area contributed by atoms with Gasteiger partial charge in [0.15, 0.2) is 0 Å². The van der Waals surface area contributed by atoms with Crippen LogP contribution < -0.4 is 4.90 Å². The molecule has 1 fully saturated rings. The van der Waals surface area contributed by atoms with E-state index in [1.165, 1.54) is 29.7 Å². The van der Waals surface area contributed by atoms with E-state index in [0.29, 0.717) is 25.7 Å². The number of aliphatic hydroxyl groups excluding tert-OH is 1. The molecule has 3 aliphatic heterocycles. The van der Waals surface area contributed by atoms with Crippen LogP contribution in [0.3, 0.4) is 0 Å².